The lowest BCUT2D eigenvalue weighted by atomic mass is 9.62. The second-order valence-electron chi connectivity index (χ2n) is 10.2. The number of fused-ring (bicyclic) bond motifs is 2. The van der Waals surface area contributed by atoms with E-state index in [9.17, 15) is 9.90 Å². The molecule has 0 spiro atoms. The molecule has 2 bridgehead atoms. The molecule has 0 amide bonds. The van der Waals surface area contributed by atoms with E-state index in [0.29, 0.717) is 12.0 Å². The van der Waals surface area contributed by atoms with Crippen LogP contribution in [0.15, 0.2) is 36.1 Å². The lowest BCUT2D eigenvalue weighted by Gasteiger charge is -2.52. The summed E-state index contributed by atoms with van der Waals surface area (Å²) < 4.78 is 5.60. The summed E-state index contributed by atoms with van der Waals surface area (Å²) >= 11 is 0. The van der Waals surface area contributed by atoms with Crippen LogP contribution < -0.4 is 5.32 Å². The molecule has 5 heteroatoms. The highest BCUT2D eigenvalue weighted by Gasteiger charge is 2.51. The molecule has 0 aromatic rings. The van der Waals surface area contributed by atoms with E-state index >= 15 is 0 Å². The van der Waals surface area contributed by atoms with Gasteiger partial charge in [0.05, 0.1) is 7.11 Å². The molecule has 1 heterocycles. The fourth-order valence-corrected chi connectivity index (χ4v) is 5.59. The van der Waals surface area contributed by atoms with Crippen molar-refractivity contribution in [3.63, 3.8) is 0 Å². The molecule has 1 aliphatic heterocycles. The third-order valence-electron chi connectivity index (χ3n) is 8.24. The Labute approximate surface area is 181 Å². The Morgan fingerprint density at radius 2 is 2.10 bits per heavy atom. The average Bonchev–Trinajstić information content (AvgIpc) is 3.63. The van der Waals surface area contributed by atoms with Crippen LogP contribution >= 0.6 is 0 Å². The van der Waals surface area contributed by atoms with E-state index in [4.69, 9.17) is 4.74 Å². The van der Waals surface area contributed by atoms with Crippen molar-refractivity contribution in [2.45, 2.75) is 69.9 Å². The predicted molar refractivity (Wildman–Crippen MR) is 119 cm³/mol. The maximum absolute atomic E-state index is 11.6. The van der Waals surface area contributed by atoms with Gasteiger partial charge in [-0.3, -0.25) is 9.69 Å². The first-order chi connectivity index (χ1) is 14.4. The number of hydrogen-bond donors (Lipinski definition) is 2. The Morgan fingerprint density at radius 1 is 1.33 bits per heavy atom. The van der Waals surface area contributed by atoms with Gasteiger partial charge in [-0.05, 0) is 93.9 Å². The topological polar surface area (TPSA) is 61.8 Å². The zero-order chi connectivity index (χ0) is 21.4. The number of aliphatic carboxylic acids is 1. The average molecular weight is 415 g/mol. The first kappa shape index (κ1) is 21.6. The molecule has 166 valence electrons. The number of piperidine rings is 1. The number of nitrogens with zero attached hydrogens (tertiary/aromatic N) is 1. The number of rotatable bonds is 8. The molecule has 4 rings (SSSR count). The Hall–Kier alpha value is -1.59. The molecule has 3 fully saturated rings. The number of carboxylic acids is 1. The maximum atomic E-state index is 11.6. The van der Waals surface area contributed by atoms with Gasteiger partial charge in [0.1, 0.15) is 11.3 Å². The molecular formula is C25H38N2O3. The number of ether oxygens (including phenoxy) is 1. The van der Waals surface area contributed by atoms with Gasteiger partial charge in [-0.25, -0.2) is 0 Å². The van der Waals surface area contributed by atoms with Crippen LogP contribution in [0.1, 0.15) is 58.3 Å². The lowest BCUT2D eigenvalue weighted by Crippen LogP contribution is -2.55. The molecule has 5 nitrogen and oxygen atoms in total. The van der Waals surface area contributed by atoms with Gasteiger partial charge in [-0.1, -0.05) is 25.2 Å². The van der Waals surface area contributed by atoms with Gasteiger partial charge < -0.3 is 15.2 Å². The summed E-state index contributed by atoms with van der Waals surface area (Å²) in [4.78, 5) is 14.3. The van der Waals surface area contributed by atoms with Crippen LogP contribution in [0.3, 0.4) is 0 Å². The first-order valence-corrected chi connectivity index (χ1v) is 11.7. The number of carboxylic acid groups (broad SMARTS) is 1. The molecule has 1 saturated heterocycles. The second kappa shape index (κ2) is 8.51. The summed E-state index contributed by atoms with van der Waals surface area (Å²) in [6.07, 6.45) is 14.8. The molecule has 0 aromatic carbocycles. The maximum Gasteiger partial charge on any atom is 0.323 e. The van der Waals surface area contributed by atoms with Crippen LogP contribution in [0.25, 0.3) is 0 Å². The number of carbonyl (C=O) groups is 1. The van der Waals surface area contributed by atoms with Crippen molar-refractivity contribution < 1.29 is 14.6 Å². The lowest BCUT2D eigenvalue weighted by molar-refractivity contribution is -0.140. The van der Waals surface area contributed by atoms with Crippen molar-refractivity contribution in [3.8, 4) is 0 Å². The van der Waals surface area contributed by atoms with E-state index in [1.165, 1.54) is 19.4 Å². The molecule has 3 atom stereocenters. The third-order valence-corrected chi connectivity index (χ3v) is 8.24. The van der Waals surface area contributed by atoms with Crippen LogP contribution in [0.4, 0.5) is 0 Å². The van der Waals surface area contributed by atoms with Gasteiger partial charge in [0, 0.05) is 12.6 Å². The summed E-state index contributed by atoms with van der Waals surface area (Å²) in [5, 5.41) is 12.9. The van der Waals surface area contributed by atoms with E-state index in [0.717, 1.165) is 68.9 Å². The van der Waals surface area contributed by atoms with Crippen molar-refractivity contribution >= 4 is 5.97 Å². The van der Waals surface area contributed by atoms with E-state index in [2.05, 4.69) is 41.9 Å². The quantitative estimate of drug-likeness (QED) is 0.625. The van der Waals surface area contributed by atoms with Crippen LogP contribution in [-0.4, -0.2) is 54.3 Å². The SMILES string of the molecule is C=C1/C=C\C(OC)=C/C[C@@]2(CCNC3(C(=O)O)CC3)CCN(CC3CC3)[C@@H](C1)[C@H]2C. The highest BCUT2D eigenvalue weighted by atomic mass is 16.5. The Balaban J connectivity index is 1.55. The molecular weight excluding hydrogens is 376 g/mol. The van der Waals surface area contributed by atoms with Gasteiger partial charge >= 0.3 is 5.97 Å². The Bertz CT molecular complexity index is 735. The molecule has 0 radical (unpaired) electrons. The molecule has 3 aliphatic carbocycles. The molecule has 30 heavy (non-hydrogen) atoms. The number of likely N-dealkylation sites (tertiary alicyclic amines) is 1. The molecule has 0 aromatic heterocycles. The van der Waals surface area contributed by atoms with Crippen LogP contribution in [-0.2, 0) is 9.53 Å². The van der Waals surface area contributed by atoms with Crippen molar-refractivity contribution in [1.29, 1.82) is 0 Å². The number of nitrogens with one attached hydrogen (secondary N) is 1. The van der Waals surface area contributed by atoms with Gasteiger partial charge in [0.15, 0.2) is 0 Å². The van der Waals surface area contributed by atoms with E-state index < -0.39 is 11.5 Å². The van der Waals surface area contributed by atoms with Crippen molar-refractivity contribution in [3.05, 3.63) is 36.1 Å². The van der Waals surface area contributed by atoms with Gasteiger partial charge in [-0.2, -0.15) is 0 Å². The largest absolute Gasteiger partial charge is 0.497 e. The summed E-state index contributed by atoms with van der Waals surface area (Å²) in [7, 11) is 1.73. The Kier molecular flexibility index (Phi) is 6.13. The molecule has 4 aliphatic rings. The summed E-state index contributed by atoms with van der Waals surface area (Å²) in [5.74, 6) is 1.61. The number of hydrogen-bond acceptors (Lipinski definition) is 4. The summed E-state index contributed by atoms with van der Waals surface area (Å²) in [5.41, 5.74) is 0.655. The third kappa shape index (κ3) is 4.52. The first-order valence-electron chi connectivity index (χ1n) is 11.7. The minimum atomic E-state index is -0.695. The smallest absolute Gasteiger partial charge is 0.323 e. The van der Waals surface area contributed by atoms with Crippen LogP contribution in [0, 0.1) is 17.3 Å². The van der Waals surface area contributed by atoms with Crippen molar-refractivity contribution in [1.82, 2.24) is 10.2 Å². The monoisotopic (exact) mass is 414 g/mol. The van der Waals surface area contributed by atoms with Crippen LogP contribution in [0.5, 0.6) is 0 Å². The van der Waals surface area contributed by atoms with Gasteiger partial charge in [0.2, 0.25) is 0 Å². The standard InChI is InChI=1S/C25H38N2O3/c1-18-4-7-21(30-3)8-9-24(12-14-26-25(10-11-25)23(28)29)13-15-27(17-20-5-6-20)22(16-18)19(24)2/h4,7-8,19-20,22,26H,1,5-6,9-17H2,2-3H3,(H,28,29)/b7-4-,21-8+/t19-,22+,24-/m1/s1. The van der Waals surface area contributed by atoms with E-state index in [1.807, 2.05) is 0 Å². The zero-order valence-corrected chi connectivity index (χ0v) is 18.7. The normalized spacial score (nSPS) is 36.5. The number of allylic oxidation sites excluding steroid dienone is 3. The van der Waals surface area contributed by atoms with Crippen molar-refractivity contribution in [2.24, 2.45) is 17.3 Å². The van der Waals surface area contributed by atoms with Gasteiger partial charge in [0.25, 0.3) is 0 Å². The van der Waals surface area contributed by atoms with E-state index in [-0.39, 0.29) is 5.41 Å². The summed E-state index contributed by atoms with van der Waals surface area (Å²) in [6, 6.07) is 0.503. The highest BCUT2D eigenvalue weighted by Crippen LogP contribution is 2.49. The zero-order valence-electron chi connectivity index (χ0n) is 18.7. The van der Waals surface area contributed by atoms with Gasteiger partial charge in [-0.15, -0.1) is 0 Å². The minimum absolute atomic E-state index is 0.154. The van der Waals surface area contributed by atoms with Crippen molar-refractivity contribution in [2.75, 3.05) is 26.7 Å². The molecule has 0 unspecified atom stereocenters. The number of methoxy groups -OCH3 is 1. The fraction of sp³-hybridized carbons (Fsp3) is 0.720. The van der Waals surface area contributed by atoms with Crippen LogP contribution in [0.2, 0.25) is 0 Å². The summed E-state index contributed by atoms with van der Waals surface area (Å²) in [6.45, 7) is 9.88. The molecule has 2 saturated carbocycles. The fourth-order valence-electron chi connectivity index (χ4n) is 5.59. The highest BCUT2D eigenvalue weighted by molar-refractivity contribution is 5.82. The Morgan fingerprint density at radius 3 is 2.73 bits per heavy atom. The predicted octanol–water partition coefficient (Wildman–Crippen LogP) is 4.13. The molecule has 2 N–H and O–H groups in total. The minimum Gasteiger partial charge on any atom is -0.497 e. The second-order valence-corrected chi connectivity index (χ2v) is 10.2. The van der Waals surface area contributed by atoms with E-state index in [1.54, 1.807) is 7.11 Å².